The van der Waals surface area contributed by atoms with Gasteiger partial charge >= 0.3 is 59.1 Å². The van der Waals surface area contributed by atoms with Crippen molar-refractivity contribution < 1.29 is 94.5 Å². The summed E-state index contributed by atoms with van der Waals surface area (Å²) in [5.41, 5.74) is 1.97. The average molecular weight is 924 g/mol. The fourth-order valence-electron chi connectivity index (χ4n) is 6.63. The number of nitrogens with zero attached hydrogens (tertiary/aromatic N) is 8. The molecule has 0 aliphatic carbocycles. The SMILES string of the molecule is O=S(=O)([O-])c1cc(Cc2nc(Nc3ccccc3)nc(N3CCOCC3)n2)ccc1/C=C/c1ccc(Nc2nc(Nc3ccccc3)nc(N3CCOCC3)n2)cc1S(=O)(=O)[O-].[Na+].[Na+]. The molecule has 23 heteroatoms. The second-order valence-electron chi connectivity index (χ2n) is 14.0. The van der Waals surface area contributed by atoms with Crippen molar-refractivity contribution in [2.24, 2.45) is 0 Å². The molecule has 0 radical (unpaired) electrons. The molecule has 2 aromatic heterocycles. The molecule has 0 amide bonds. The van der Waals surface area contributed by atoms with E-state index in [1.54, 1.807) is 6.07 Å². The standard InChI is InChI=1S/C41H41N11O8S2.2Na/c53-61(54,55)34-25-28(26-36-45-37(42-31-7-3-1-4-8-31)48-40(46-36)51-17-21-59-22-18-51)11-12-29(34)13-14-30-15-16-33(27-35(30)62(56,57)58)44-39-47-38(43-32-9-5-2-6-10-32)49-41(50-39)52-19-23-60-24-20-52;;/h1-16,25,27H,17-24,26H2,(H,53,54,55)(H,56,57,58)(H,42,45,46,48)(H2,43,44,47,49,50);;/q;2*+1/p-2/b14-13+;;. The molecule has 320 valence electrons. The van der Waals surface area contributed by atoms with Gasteiger partial charge in [0, 0.05) is 49.7 Å². The maximum absolute atomic E-state index is 12.6. The number of nitrogens with one attached hydrogen (secondary N) is 3. The molecule has 0 unspecified atom stereocenters. The van der Waals surface area contributed by atoms with Gasteiger partial charge in [0.15, 0.2) is 0 Å². The largest absolute Gasteiger partial charge is 1.00 e. The number of anilines is 8. The number of para-hydroxylation sites is 2. The van der Waals surface area contributed by atoms with Crippen LogP contribution in [0.4, 0.5) is 46.8 Å². The van der Waals surface area contributed by atoms with Crippen molar-refractivity contribution in [2.45, 2.75) is 16.2 Å². The summed E-state index contributed by atoms with van der Waals surface area (Å²) in [6, 6.07) is 26.8. The van der Waals surface area contributed by atoms with Gasteiger partial charge in [-0.25, -0.2) is 16.8 Å². The Balaban J connectivity index is 0.00000340. The third-order valence-corrected chi connectivity index (χ3v) is 11.4. The zero-order valence-electron chi connectivity index (χ0n) is 34.9. The average Bonchev–Trinajstić information content (AvgIpc) is 3.27. The zero-order valence-corrected chi connectivity index (χ0v) is 40.5. The van der Waals surface area contributed by atoms with E-state index in [0.29, 0.717) is 75.9 Å². The number of benzene rings is 4. The van der Waals surface area contributed by atoms with Crippen molar-refractivity contribution in [3.05, 3.63) is 120 Å². The molecule has 6 aromatic rings. The topological polar surface area (TPSA) is 253 Å². The summed E-state index contributed by atoms with van der Waals surface area (Å²) in [5.74, 6) is 1.65. The van der Waals surface area contributed by atoms with E-state index in [-0.39, 0.29) is 100 Å². The minimum absolute atomic E-state index is 0. The van der Waals surface area contributed by atoms with Crippen LogP contribution in [0.15, 0.2) is 107 Å². The van der Waals surface area contributed by atoms with E-state index >= 15 is 0 Å². The third-order valence-electron chi connectivity index (χ3n) is 9.63. The number of rotatable bonds is 14. The number of hydrogen-bond acceptors (Lipinski definition) is 19. The molecule has 0 saturated carbocycles. The van der Waals surface area contributed by atoms with Gasteiger partial charge in [-0.05, 0) is 59.2 Å². The van der Waals surface area contributed by atoms with Gasteiger partial charge < -0.3 is 44.3 Å². The van der Waals surface area contributed by atoms with E-state index in [4.69, 9.17) is 9.47 Å². The molecular formula is C41H39N11Na2O8S2. The van der Waals surface area contributed by atoms with E-state index < -0.39 is 30.0 Å². The normalized spacial score (nSPS) is 14.3. The maximum Gasteiger partial charge on any atom is 1.00 e. The molecule has 2 saturated heterocycles. The van der Waals surface area contributed by atoms with E-state index in [9.17, 15) is 25.9 Å². The van der Waals surface area contributed by atoms with E-state index in [1.165, 1.54) is 36.4 Å². The van der Waals surface area contributed by atoms with Crippen molar-refractivity contribution in [1.29, 1.82) is 0 Å². The molecule has 2 fully saturated rings. The van der Waals surface area contributed by atoms with Crippen molar-refractivity contribution in [2.75, 3.05) is 78.4 Å². The van der Waals surface area contributed by atoms with Crippen LogP contribution in [-0.4, -0.2) is 108 Å². The number of hydrogen-bond donors (Lipinski definition) is 3. The van der Waals surface area contributed by atoms with Gasteiger partial charge in [0.05, 0.1) is 36.2 Å². The van der Waals surface area contributed by atoms with Crippen LogP contribution in [0.3, 0.4) is 0 Å². The van der Waals surface area contributed by atoms with Crippen LogP contribution < -0.4 is 84.9 Å². The molecule has 2 aliphatic rings. The molecule has 0 spiro atoms. The minimum Gasteiger partial charge on any atom is -0.744 e. The first-order valence-electron chi connectivity index (χ1n) is 19.4. The molecule has 4 aromatic carbocycles. The zero-order chi connectivity index (χ0) is 43.1. The van der Waals surface area contributed by atoms with Crippen molar-refractivity contribution in [3.8, 4) is 0 Å². The van der Waals surface area contributed by atoms with Gasteiger partial charge in [-0.2, -0.15) is 29.9 Å². The van der Waals surface area contributed by atoms with Gasteiger partial charge in [-0.15, -0.1) is 0 Å². The molecule has 0 bridgehead atoms. The summed E-state index contributed by atoms with van der Waals surface area (Å²) in [5, 5.41) is 9.31. The van der Waals surface area contributed by atoms with Crippen LogP contribution >= 0.6 is 0 Å². The molecule has 0 atom stereocenters. The van der Waals surface area contributed by atoms with E-state index in [1.807, 2.05) is 70.5 Å². The van der Waals surface area contributed by atoms with Crippen molar-refractivity contribution in [3.63, 3.8) is 0 Å². The smallest absolute Gasteiger partial charge is 0.744 e. The fourth-order valence-corrected chi connectivity index (χ4v) is 8.05. The van der Waals surface area contributed by atoms with Gasteiger partial charge in [-0.3, -0.25) is 0 Å². The monoisotopic (exact) mass is 923 g/mol. The van der Waals surface area contributed by atoms with Gasteiger partial charge in [0.2, 0.25) is 29.7 Å². The first-order chi connectivity index (χ1) is 29.9. The third kappa shape index (κ3) is 13.0. The summed E-state index contributed by atoms with van der Waals surface area (Å²) in [4.78, 5) is 30.1. The van der Waals surface area contributed by atoms with Crippen LogP contribution in [0.25, 0.3) is 12.2 Å². The predicted octanol–water partition coefficient (Wildman–Crippen LogP) is -1.46. The summed E-state index contributed by atoms with van der Waals surface area (Å²) in [6.45, 7) is 4.15. The quantitative estimate of drug-likeness (QED) is 0.0641. The second-order valence-corrected chi connectivity index (χ2v) is 16.7. The summed E-state index contributed by atoms with van der Waals surface area (Å²) >= 11 is 0. The summed E-state index contributed by atoms with van der Waals surface area (Å²) in [6.07, 6.45) is 2.55. The van der Waals surface area contributed by atoms with Crippen molar-refractivity contribution >= 4 is 79.2 Å². The predicted molar refractivity (Wildman–Crippen MR) is 229 cm³/mol. The van der Waals surface area contributed by atoms with E-state index in [0.717, 1.165) is 17.4 Å². The van der Waals surface area contributed by atoms with Crippen LogP contribution in [0.1, 0.15) is 22.5 Å². The number of ether oxygens (including phenoxy) is 2. The first kappa shape index (κ1) is 48.8. The van der Waals surface area contributed by atoms with Crippen LogP contribution in [0, 0.1) is 0 Å². The Morgan fingerprint density at radius 1 is 0.531 bits per heavy atom. The Hall–Kier alpha value is -4.62. The Morgan fingerprint density at radius 2 is 0.969 bits per heavy atom. The van der Waals surface area contributed by atoms with E-state index in [2.05, 4.69) is 45.9 Å². The molecule has 3 N–H and O–H groups in total. The van der Waals surface area contributed by atoms with Crippen LogP contribution in [-0.2, 0) is 36.1 Å². The van der Waals surface area contributed by atoms with Gasteiger partial charge in [-0.1, -0.05) is 66.7 Å². The van der Waals surface area contributed by atoms with Gasteiger partial charge in [0.1, 0.15) is 26.1 Å². The van der Waals surface area contributed by atoms with Gasteiger partial charge in [0.25, 0.3) is 0 Å². The molecule has 4 heterocycles. The Morgan fingerprint density at radius 3 is 1.47 bits per heavy atom. The number of aromatic nitrogens is 6. The first-order valence-corrected chi connectivity index (χ1v) is 22.2. The molecule has 2 aliphatic heterocycles. The second kappa shape index (κ2) is 22.0. The van der Waals surface area contributed by atoms with Crippen molar-refractivity contribution in [1.82, 2.24) is 29.9 Å². The number of morpholine rings is 2. The summed E-state index contributed by atoms with van der Waals surface area (Å²) < 4.78 is 86.7. The Bertz CT molecular complexity index is 2610. The van der Waals surface area contributed by atoms with Crippen LogP contribution in [0.5, 0.6) is 0 Å². The fraction of sp³-hybridized carbons (Fsp3) is 0.220. The minimum atomic E-state index is -5.09. The maximum atomic E-state index is 12.6. The summed E-state index contributed by atoms with van der Waals surface area (Å²) in [7, 11) is -10.1. The molecule has 8 rings (SSSR count). The molecular weight excluding hydrogens is 885 g/mol. The molecule has 19 nitrogen and oxygen atoms in total. The Kier molecular flexibility index (Phi) is 16.8. The Labute approximate surface area is 414 Å². The van der Waals surface area contributed by atoms with Crippen LogP contribution in [0.2, 0.25) is 0 Å². The molecule has 64 heavy (non-hydrogen) atoms.